The van der Waals surface area contributed by atoms with E-state index in [1.807, 2.05) is 60.7 Å². The van der Waals surface area contributed by atoms with Crippen molar-refractivity contribution in [2.45, 2.75) is 25.7 Å². The molecule has 2 N–H and O–H groups in total. The van der Waals surface area contributed by atoms with Gasteiger partial charge in [0.05, 0.1) is 12.4 Å². The summed E-state index contributed by atoms with van der Waals surface area (Å²) in [4.78, 5) is 23.3. The van der Waals surface area contributed by atoms with Crippen molar-refractivity contribution in [2.75, 3.05) is 0 Å². The van der Waals surface area contributed by atoms with Gasteiger partial charge in [-0.2, -0.15) is 10.2 Å². The number of rotatable bonds is 9. The number of carbonyl (C=O) groups excluding carboxylic acids is 2. The first-order valence-electron chi connectivity index (χ1n) is 8.48. The first-order chi connectivity index (χ1) is 12.7. The van der Waals surface area contributed by atoms with Crippen molar-refractivity contribution in [3.8, 4) is 0 Å². The molecule has 2 aromatic rings. The zero-order valence-electron chi connectivity index (χ0n) is 14.5. The first kappa shape index (κ1) is 19.1. The Morgan fingerprint density at radius 1 is 0.692 bits per heavy atom. The van der Waals surface area contributed by atoms with Crippen LogP contribution in [0.4, 0.5) is 0 Å². The second-order valence-corrected chi connectivity index (χ2v) is 5.61. The normalized spacial score (nSPS) is 10.9. The predicted octanol–water partition coefficient (Wildman–Crippen LogP) is 2.85. The quantitative estimate of drug-likeness (QED) is 0.414. The Balaban J connectivity index is 1.55. The summed E-state index contributed by atoms with van der Waals surface area (Å²) in [7, 11) is 0. The number of unbranched alkanes of at least 4 members (excludes halogenated alkanes) is 1. The van der Waals surface area contributed by atoms with Gasteiger partial charge in [-0.15, -0.1) is 0 Å². The van der Waals surface area contributed by atoms with Crippen LogP contribution in [0.1, 0.15) is 36.8 Å². The van der Waals surface area contributed by atoms with Gasteiger partial charge in [-0.3, -0.25) is 9.59 Å². The molecule has 0 bridgehead atoms. The van der Waals surface area contributed by atoms with E-state index in [4.69, 9.17) is 0 Å². The zero-order chi connectivity index (χ0) is 18.5. The molecule has 2 amide bonds. The van der Waals surface area contributed by atoms with Gasteiger partial charge in [-0.25, -0.2) is 10.9 Å². The predicted molar refractivity (Wildman–Crippen MR) is 103 cm³/mol. The molecule has 0 aliphatic carbocycles. The number of benzene rings is 2. The number of hydrazone groups is 2. The number of nitrogens with one attached hydrogen (secondary N) is 2. The van der Waals surface area contributed by atoms with E-state index in [0.717, 1.165) is 11.1 Å². The maximum Gasteiger partial charge on any atom is 0.240 e. The number of nitrogens with zero attached hydrogens (tertiary/aromatic N) is 2. The second-order valence-electron chi connectivity index (χ2n) is 5.61. The lowest BCUT2D eigenvalue weighted by atomic mass is 10.2. The van der Waals surface area contributed by atoms with Crippen LogP contribution in [-0.2, 0) is 9.59 Å². The molecule has 0 unspecified atom stereocenters. The summed E-state index contributed by atoms with van der Waals surface area (Å²) in [6.07, 6.45) is 5.07. The molecule has 6 heteroatoms. The van der Waals surface area contributed by atoms with E-state index in [9.17, 15) is 9.59 Å². The SMILES string of the molecule is O=C(CCCCC(=O)N/N=C/c1ccccc1)N/N=C\c1ccccc1. The maximum atomic E-state index is 11.7. The molecule has 2 aromatic carbocycles. The van der Waals surface area contributed by atoms with Gasteiger partial charge >= 0.3 is 0 Å². The van der Waals surface area contributed by atoms with Crippen molar-refractivity contribution < 1.29 is 9.59 Å². The Bertz CT molecular complexity index is 677. The molecule has 6 nitrogen and oxygen atoms in total. The molecule has 0 fully saturated rings. The third-order valence-corrected chi connectivity index (χ3v) is 3.46. The number of hydrogen-bond donors (Lipinski definition) is 2. The molecular weight excluding hydrogens is 328 g/mol. The van der Waals surface area contributed by atoms with Gasteiger partial charge in [0.15, 0.2) is 0 Å². The first-order valence-corrected chi connectivity index (χ1v) is 8.48. The van der Waals surface area contributed by atoms with E-state index in [1.54, 1.807) is 12.4 Å². The Kier molecular flexibility index (Phi) is 8.28. The number of amides is 2. The number of carbonyl (C=O) groups is 2. The van der Waals surface area contributed by atoms with Crippen LogP contribution in [0.3, 0.4) is 0 Å². The van der Waals surface area contributed by atoms with E-state index in [1.165, 1.54) is 0 Å². The highest BCUT2D eigenvalue weighted by Gasteiger charge is 2.02. The fourth-order valence-corrected chi connectivity index (χ4v) is 2.12. The minimum absolute atomic E-state index is 0.167. The molecule has 26 heavy (non-hydrogen) atoms. The summed E-state index contributed by atoms with van der Waals surface area (Å²) in [5, 5.41) is 7.80. The summed E-state index contributed by atoms with van der Waals surface area (Å²) < 4.78 is 0. The summed E-state index contributed by atoms with van der Waals surface area (Å²) in [6.45, 7) is 0. The molecule has 0 atom stereocenters. The monoisotopic (exact) mass is 350 g/mol. The summed E-state index contributed by atoms with van der Waals surface area (Å²) in [5.41, 5.74) is 6.79. The topological polar surface area (TPSA) is 82.9 Å². The van der Waals surface area contributed by atoms with Gasteiger partial charge in [0, 0.05) is 12.8 Å². The van der Waals surface area contributed by atoms with Gasteiger partial charge in [0.25, 0.3) is 0 Å². The Morgan fingerprint density at radius 2 is 1.08 bits per heavy atom. The van der Waals surface area contributed by atoms with Crippen molar-refractivity contribution in [2.24, 2.45) is 10.2 Å². The maximum absolute atomic E-state index is 11.7. The molecule has 0 heterocycles. The lowest BCUT2D eigenvalue weighted by Gasteiger charge is -2.01. The highest BCUT2D eigenvalue weighted by atomic mass is 16.2. The molecule has 0 aliphatic rings. The van der Waals surface area contributed by atoms with Crippen LogP contribution in [-0.4, -0.2) is 24.2 Å². The molecule has 0 aliphatic heterocycles. The summed E-state index contributed by atoms with van der Waals surface area (Å²) >= 11 is 0. The molecule has 0 aromatic heterocycles. The van der Waals surface area contributed by atoms with Crippen LogP contribution in [0.15, 0.2) is 70.9 Å². The van der Waals surface area contributed by atoms with Gasteiger partial charge in [-0.05, 0) is 24.0 Å². The molecule has 0 saturated heterocycles. The average molecular weight is 350 g/mol. The fourth-order valence-electron chi connectivity index (χ4n) is 2.12. The van der Waals surface area contributed by atoms with Crippen LogP contribution in [0.5, 0.6) is 0 Å². The molecule has 0 radical (unpaired) electrons. The van der Waals surface area contributed by atoms with Crippen molar-refractivity contribution >= 4 is 24.2 Å². The van der Waals surface area contributed by atoms with Crippen molar-refractivity contribution in [1.29, 1.82) is 0 Å². The van der Waals surface area contributed by atoms with Crippen molar-refractivity contribution in [3.05, 3.63) is 71.8 Å². The minimum Gasteiger partial charge on any atom is -0.273 e. The van der Waals surface area contributed by atoms with Gasteiger partial charge in [-0.1, -0.05) is 60.7 Å². The van der Waals surface area contributed by atoms with E-state index in [-0.39, 0.29) is 11.8 Å². The van der Waals surface area contributed by atoms with E-state index < -0.39 is 0 Å². The highest BCUT2D eigenvalue weighted by Crippen LogP contribution is 2.00. The lowest BCUT2D eigenvalue weighted by Crippen LogP contribution is -2.19. The fraction of sp³-hybridized carbons (Fsp3) is 0.200. The highest BCUT2D eigenvalue weighted by molar-refractivity contribution is 5.83. The second kappa shape index (κ2) is 11.3. The average Bonchev–Trinajstić information content (AvgIpc) is 2.67. The minimum atomic E-state index is -0.167. The van der Waals surface area contributed by atoms with Gasteiger partial charge < -0.3 is 0 Å². The lowest BCUT2D eigenvalue weighted by molar-refractivity contribution is -0.123. The van der Waals surface area contributed by atoms with Crippen LogP contribution in [0.25, 0.3) is 0 Å². The van der Waals surface area contributed by atoms with Crippen LogP contribution in [0, 0.1) is 0 Å². The molecule has 0 spiro atoms. The largest absolute Gasteiger partial charge is 0.273 e. The van der Waals surface area contributed by atoms with Gasteiger partial charge in [0.2, 0.25) is 11.8 Å². The molecule has 0 saturated carbocycles. The van der Waals surface area contributed by atoms with E-state index in [2.05, 4.69) is 21.1 Å². The standard InChI is InChI=1S/C20H22N4O2/c25-19(23-21-15-17-9-3-1-4-10-17)13-7-8-14-20(26)24-22-16-18-11-5-2-6-12-18/h1-6,9-12,15-16H,7-8,13-14H2,(H,23,25)(H,24,26)/b21-15-,22-16+. The van der Waals surface area contributed by atoms with Crippen LogP contribution in [0.2, 0.25) is 0 Å². The third-order valence-electron chi connectivity index (χ3n) is 3.46. The Labute approximate surface area is 153 Å². The van der Waals surface area contributed by atoms with E-state index in [0.29, 0.717) is 25.7 Å². The van der Waals surface area contributed by atoms with Gasteiger partial charge in [0.1, 0.15) is 0 Å². The van der Waals surface area contributed by atoms with Crippen molar-refractivity contribution in [3.63, 3.8) is 0 Å². The van der Waals surface area contributed by atoms with Crippen LogP contribution >= 0.6 is 0 Å². The molecular formula is C20H22N4O2. The molecule has 2 rings (SSSR count). The Hall–Kier alpha value is -3.28. The zero-order valence-corrected chi connectivity index (χ0v) is 14.5. The summed E-state index contributed by atoms with van der Waals surface area (Å²) in [5.74, 6) is -0.334. The smallest absolute Gasteiger partial charge is 0.240 e. The number of hydrogen-bond acceptors (Lipinski definition) is 4. The van der Waals surface area contributed by atoms with Crippen LogP contribution < -0.4 is 10.9 Å². The van der Waals surface area contributed by atoms with Crippen molar-refractivity contribution in [1.82, 2.24) is 10.9 Å². The summed E-state index contributed by atoms with van der Waals surface area (Å²) in [6, 6.07) is 19.0. The van der Waals surface area contributed by atoms with E-state index >= 15 is 0 Å². The third kappa shape index (κ3) is 8.01. The molecule has 134 valence electrons. The Morgan fingerprint density at radius 3 is 1.46 bits per heavy atom.